The van der Waals surface area contributed by atoms with Gasteiger partial charge in [-0.25, -0.2) is 0 Å². The van der Waals surface area contributed by atoms with Crippen molar-refractivity contribution in [2.45, 2.75) is 84.1 Å². The molecule has 2 nitrogen and oxygen atoms in total. The summed E-state index contributed by atoms with van der Waals surface area (Å²) in [7, 11) is -1.90. The number of rotatable bonds is 4. The van der Waals surface area contributed by atoms with E-state index in [-0.39, 0.29) is 18.3 Å². The summed E-state index contributed by atoms with van der Waals surface area (Å²) in [5.41, 5.74) is 3.46. The SMILES string of the molecule is CC1(C)OB(/C(=C\[Si](C)(C)c2ccccc2)C2CCCCC2)OC1(C)C. The van der Waals surface area contributed by atoms with Gasteiger partial charge in [0.25, 0.3) is 0 Å². The molecule has 0 amide bonds. The number of hydrogen-bond acceptors (Lipinski definition) is 2. The van der Waals surface area contributed by atoms with E-state index in [4.69, 9.17) is 9.31 Å². The summed E-state index contributed by atoms with van der Waals surface area (Å²) in [6.45, 7) is 13.5. The molecule has 4 heteroatoms. The van der Waals surface area contributed by atoms with Crippen LogP contribution in [-0.4, -0.2) is 26.4 Å². The molecular formula is C22H35BO2Si. The van der Waals surface area contributed by atoms with Crippen molar-refractivity contribution in [3.63, 3.8) is 0 Å². The Morgan fingerprint density at radius 3 is 2.04 bits per heavy atom. The molecule has 0 unspecified atom stereocenters. The van der Waals surface area contributed by atoms with Crippen LogP contribution in [0.2, 0.25) is 13.1 Å². The summed E-state index contributed by atoms with van der Waals surface area (Å²) < 4.78 is 13.0. The molecule has 1 heterocycles. The average Bonchev–Trinajstić information content (AvgIpc) is 2.82. The van der Waals surface area contributed by atoms with Gasteiger partial charge in [0, 0.05) is 0 Å². The molecule has 0 atom stereocenters. The van der Waals surface area contributed by atoms with Gasteiger partial charge in [0.2, 0.25) is 0 Å². The maximum Gasteiger partial charge on any atom is 0.490 e. The van der Waals surface area contributed by atoms with E-state index in [2.05, 4.69) is 76.8 Å². The topological polar surface area (TPSA) is 18.5 Å². The number of allylic oxidation sites excluding steroid dienone is 1. The summed E-state index contributed by atoms with van der Waals surface area (Å²) in [6.07, 6.45) is 6.57. The van der Waals surface area contributed by atoms with Crippen LogP contribution < -0.4 is 5.19 Å². The third-order valence-electron chi connectivity index (χ3n) is 6.65. The first-order chi connectivity index (χ1) is 12.1. The first kappa shape index (κ1) is 19.9. The normalized spacial score (nSPS) is 24.1. The first-order valence-electron chi connectivity index (χ1n) is 10.3. The van der Waals surface area contributed by atoms with Crippen molar-refractivity contribution in [3.05, 3.63) is 41.5 Å². The quantitative estimate of drug-likeness (QED) is 0.672. The van der Waals surface area contributed by atoms with Gasteiger partial charge < -0.3 is 9.31 Å². The van der Waals surface area contributed by atoms with E-state index < -0.39 is 8.07 Å². The third-order valence-corrected chi connectivity index (χ3v) is 9.52. The molecule has 3 rings (SSSR count). The second kappa shape index (κ2) is 7.29. The van der Waals surface area contributed by atoms with Crippen molar-refractivity contribution >= 4 is 20.4 Å². The Kier molecular flexibility index (Phi) is 5.58. The van der Waals surface area contributed by atoms with E-state index in [0.29, 0.717) is 5.92 Å². The lowest BCUT2D eigenvalue weighted by Gasteiger charge is -2.32. The fourth-order valence-electron chi connectivity index (χ4n) is 4.16. The van der Waals surface area contributed by atoms with E-state index in [1.807, 2.05) is 0 Å². The van der Waals surface area contributed by atoms with Crippen molar-refractivity contribution in [3.8, 4) is 0 Å². The highest BCUT2D eigenvalue weighted by Gasteiger charge is 2.53. The van der Waals surface area contributed by atoms with Gasteiger partial charge in [-0.15, -0.1) is 0 Å². The van der Waals surface area contributed by atoms with Gasteiger partial charge in [-0.05, 0) is 51.9 Å². The number of benzene rings is 1. The Morgan fingerprint density at radius 2 is 1.50 bits per heavy atom. The molecule has 0 aromatic heterocycles. The van der Waals surface area contributed by atoms with Gasteiger partial charge in [-0.1, -0.05) is 73.6 Å². The third kappa shape index (κ3) is 4.03. The standard InChI is InChI=1S/C22H35BO2Si/c1-21(2)22(3,4)25-23(24-21)20(18-13-9-7-10-14-18)17-26(5,6)19-15-11-8-12-16-19/h8,11-12,15-18H,7,9-10,13-14H2,1-6H3/b20-17-. The van der Waals surface area contributed by atoms with Gasteiger partial charge in [-0.3, -0.25) is 0 Å². The highest BCUT2D eigenvalue weighted by Crippen LogP contribution is 2.42. The lowest BCUT2D eigenvalue weighted by Crippen LogP contribution is -2.42. The number of hydrogen-bond donors (Lipinski definition) is 0. The van der Waals surface area contributed by atoms with Crippen LogP contribution in [0.4, 0.5) is 0 Å². The maximum atomic E-state index is 6.49. The lowest BCUT2D eigenvalue weighted by molar-refractivity contribution is 0.00578. The largest absolute Gasteiger partial charge is 0.490 e. The second-order valence-corrected chi connectivity index (χ2v) is 14.0. The molecule has 0 radical (unpaired) electrons. The van der Waals surface area contributed by atoms with Gasteiger partial charge in [0.05, 0.1) is 11.2 Å². The average molecular weight is 370 g/mol. The minimum atomic E-state index is -1.71. The van der Waals surface area contributed by atoms with Crippen LogP contribution in [0, 0.1) is 5.92 Å². The summed E-state index contributed by atoms with van der Waals surface area (Å²) in [5, 5.41) is 1.48. The van der Waals surface area contributed by atoms with E-state index in [1.165, 1.54) is 42.8 Å². The zero-order valence-corrected chi connectivity index (χ0v) is 18.5. The molecule has 1 aliphatic carbocycles. The summed E-state index contributed by atoms with van der Waals surface area (Å²) in [6, 6.07) is 11.0. The molecule has 1 saturated carbocycles. The first-order valence-corrected chi connectivity index (χ1v) is 13.3. The van der Waals surface area contributed by atoms with Crippen molar-refractivity contribution in [2.24, 2.45) is 5.92 Å². The van der Waals surface area contributed by atoms with Crippen molar-refractivity contribution in [1.82, 2.24) is 0 Å². The van der Waals surface area contributed by atoms with E-state index in [9.17, 15) is 0 Å². The molecule has 1 aromatic carbocycles. The fraction of sp³-hybridized carbons (Fsp3) is 0.636. The smallest absolute Gasteiger partial charge is 0.400 e. The van der Waals surface area contributed by atoms with Crippen LogP contribution in [0.25, 0.3) is 0 Å². The molecule has 1 saturated heterocycles. The highest BCUT2D eigenvalue weighted by molar-refractivity contribution is 6.94. The van der Waals surface area contributed by atoms with Crippen LogP contribution in [0.15, 0.2) is 41.5 Å². The van der Waals surface area contributed by atoms with Crippen LogP contribution in [0.5, 0.6) is 0 Å². The lowest BCUT2D eigenvalue weighted by atomic mass is 9.67. The molecule has 0 bridgehead atoms. The Labute approximate surface area is 161 Å². The van der Waals surface area contributed by atoms with E-state index in [1.54, 1.807) is 0 Å². The minimum Gasteiger partial charge on any atom is -0.400 e. The molecule has 142 valence electrons. The molecule has 2 aliphatic rings. The van der Waals surface area contributed by atoms with Gasteiger partial charge in [0.1, 0.15) is 8.07 Å². The Balaban J connectivity index is 1.96. The summed E-state index contributed by atoms with van der Waals surface area (Å²) in [4.78, 5) is 0. The van der Waals surface area contributed by atoms with Crippen LogP contribution >= 0.6 is 0 Å². The van der Waals surface area contributed by atoms with Crippen LogP contribution in [0.3, 0.4) is 0 Å². The minimum absolute atomic E-state index is 0.196. The zero-order valence-electron chi connectivity index (χ0n) is 17.5. The second-order valence-electron chi connectivity index (χ2n) is 9.66. The van der Waals surface area contributed by atoms with Crippen molar-refractivity contribution in [2.75, 3.05) is 0 Å². The predicted octanol–water partition coefficient (Wildman–Crippen LogP) is 5.28. The summed E-state index contributed by atoms with van der Waals surface area (Å²) in [5.74, 6) is 0.605. The van der Waals surface area contributed by atoms with E-state index in [0.717, 1.165) is 0 Å². The summed E-state index contributed by atoms with van der Waals surface area (Å²) >= 11 is 0. The predicted molar refractivity (Wildman–Crippen MR) is 114 cm³/mol. The van der Waals surface area contributed by atoms with Crippen LogP contribution in [0.1, 0.15) is 59.8 Å². The molecule has 0 spiro atoms. The van der Waals surface area contributed by atoms with Crippen molar-refractivity contribution in [1.29, 1.82) is 0 Å². The molecule has 2 fully saturated rings. The fourth-order valence-corrected chi connectivity index (χ4v) is 6.58. The Hall–Kier alpha value is -0.838. The molecule has 0 N–H and O–H groups in total. The molecule has 26 heavy (non-hydrogen) atoms. The zero-order chi connectivity index (χ0) is 19.0. The molecule has 1 aliphatic heterocycles. The van der Waals surface area contributed by atoms with Gasteiger partial charge in [0.15, 0.2) is 0 Å². The van der Waals surface area contributed by atoms with Gasteiger partial charge >= 0.3 is 7.12 Å². The monoisotopic (exact) mass is 370 g/mol. The Bertz CT molecular complexity index is 629. The highest BCUT2D eigenvalue weighted by atomic mass is 28.3. The molecular weight excluding hydrogens is 335 g/mol. The van der Waals surface area contributed by atoms with E-state index >= 15 is 0 Å². The Morgan fingerprint density at radius 1 is 0.962 bits per heavy atom. The van der Waals surface area contributed by atoms with Gasteiger partial charge in [-0.2, -0.15) is 0 Å². The maximum absolute atomic E-state index is 6.49. The molecule has 1 aromatic rings. The van der Waals surface area contributed by atoms with Crippen molar-refractivity contribution < 1.29 is 9.31 Å². The van der Waals surface area contributed by atoms with Crippen LogP contribution in [-0.2, 0) is 9.31 Å².